The van der Waals surface area contributed by atoms with Crippen LogP contribution >= 0.6 is 0 Å². The fourth-order valence-electron chi connectivity index (χ4n) is 2.35. The summed E-state index contributed by atoms with van der Waals surface area (Å²) < 4.78 is 0. The molecule has 1 aromatic heterocycles. The van der Waals surface area contributed by atoms with Crippen molar-refractivity contribution in [2.45, 2.75) is 32.2 Å². The van der Waals surface area contributed by atoms with Gasteiger partial charge in [0.1, 0.15) is 0 Å². The van der Waals surface area contributed by atoms with Gasteiger partial charge in [-0.15, -0.1) is 0 Å². The van der Waals surface area contributed by atoms with E-state index in [2.05, 4.69) is 29.4 Å². The van der Waals surface area contributed by atoms with Crippen LogP contribution in [-0.2, 0) is 0 Å². The Balaban J connectivity index is 1.82. The number of aromatic amines is 1. The second-order valence-electron chi connectivity index (χ2n) is 5.62. The number of H-pyrrole nitrogens is 1. The molecular formula is C14H17N3O. The zero-order valence-corrected chi connectivity index (χ0v) is 10.7. The lowest BCUT2D eigenvalue weighted by Crippen LogP contribution is -2.45. The maximum absolute atomic E-state index is 12.2. The van der Waals surface area contributed by atoms with Gasteiger partial charge in [0.05, 0.1) is 11.7 Å². The summed E-state index contributed by atoms with van der Waals surface area (Å²) in [5.74, 6) is 0.612. The van der Waals surface area contributed by atoms with Crippen LogP contribution in [0, 0.1) is 5.92 Å². The third-order valence-electron chi connectivity index (χ3n) is 3.74. The molecule has 1 amide bonds. The van der Waals surface area contributed by atoms with Gasteiger partial charge < -0.3 is 5.32 Å². The Morgan fingerprint density at radius 2 is 2.22 bits per heavy atom. The van der Waals surface area contributed by atoms with Crippen LogP contribution in [0.2, 0.25) is 0 Å². The molecule has 1 heterocycles. The van der Waals surface area contributed by atoms with Crippen molar-refractivity contribution in [3.63, 3.8) is 0 Å². The Bertz CT molecular complexity index is 596. The van der Waals surface area contributed by atoms with E-state index in [0.717, 1.165) is 10.9 Å². The number of hydrogen-bond donors (Lipinski definition) is 2. The summed E-state index contributed by atoms with van der Waals surface area (Å²) >= 11 is 0. The third kappa shape index (κ3) is 1.98. The highest BCUT2D eigenvalue weighted by atomic mass is 16.1. The molecule has 94 valence electrons. The van der Waals surface area contributed by atoms with Crippen molar-refractivity contribution in [3.05, 3.63) is 30.0 Å². The molecule has 0 radical (unpaired) electrons. The lowest BCUT2D eigenvalue weighted by Gasteiger charge is -2.26. The van der Waals surface area contributed by atoms with Crippen LogP contribution in [0.4, 0.5) is 0 Å². The van der Waals surface area contributed by atoms with Crippen LogP contribution in [-0.4, -0.2) is 21.6 Å². The maximum atomic E-state index is 12.2. The van der Waals surface area contributed by atoms with Gasteiger partial charge in [-0.2, -0.15) is 5.10 Å². The first-order valence-corrected chi connectivity index (χ1v) is 6.32. The summed E-state index contributed by atoms with van der Waals surface area (Å²) in [6, 6.07) is 5.61. The molecule has 18 heavy (non-hydrogen) atoms. The molecule has 0 bridgehead atoms. The van der Waals surface area contributed by atoms with E-state index in [-0.39, 0.29) is 11.4 Å². The molecule has 4 nitrogen and oxygen atoms in total. The van der Waals surface area contributed by atoms with Crippen LogP contribution in [0.1, 0.15) is 37.0 Å². The van der Waals surface area contributed by atoms with Crippen molar-refractivity contribution in [3.8, 4) is 0 Å². The second kappa shape index (κ2) is 3.83. The largest absolute Gasteiger partial charge is 0.347 e. The number of carbonyl (C=O) groups excluding carboxylic acids is 1. The predicted molar refractivity (Wildman–Crippen MR) is 70.4 cm³/mol. The summed E-state index contributed by atoms with van der Waals surface area (Å²) in [6.45, 7) is 4.19. The van der Waals surface area contributed by atoms with Gasteiger partial charge in [0.25, 0.3) is 5.91 Å². The van der Waals surface area contributed by atoms with Crippen LogP contribution in [0.15, 0.2) is 24.4 Å². The molecule has 3 rings (SSSR count). The van der Waals surface area contributed by atoms with Gasteiger partial charge in [0, 0.05) is 16.5 Å². The summed E-state index contributed by atoms with van der Waals surface area (Å²) in [6.07, 6.45) is 4.19. The predicted octanol–water partition coefficient (Wildman–Crippen LogP) is 2.48. The molecule has 0 aliphatic heterocycles. The number of aromatic nitrogens is 2. The quantitative estimate of drug-likeness (QED) is 0.870. The van der Waals surface area contributed by atoms with E-state index in [4.69, 9.17) is 0 Å². The minimum atomic E-state index is -0.111. The number of rotatable bonds is 3. The van der Waals surface area contributed by atoms with Crippen LogP contribution in [0.3, 0.4) is 0 Å². The van der Waals surface area contributed by atoms with E-state index in [9.17, 15) is 4.79 Å². The van der Waals surface area contributed by atoms with Gasteiger partial charge in [-0.1, -0.05) is 6.07 Å². The van der Waals surface area contributed by atoms with Crippen LogP contribution < -0.4 is 5.32 Å². The van der Waals surface area contributed by atoms with E-state index >= 15 is 0 Å². The highest BCUT2D eigenvalue weighted by molar-refractivity contribution is 5.98. The van der Waals surface area contributed by atoms with Crippen LogP contribution in [0.25, 0.3) is 10.9 Å². The zero-order valence-electron chi connectivity index (χ0n) is 10.7. The minimum Gasteiger partial charge on any atom is -0.347 e. The van der Waals surface area contributed by atoms with Gasteiger partial charge in [-0.05, 0) is 44.7 Å². The molecule has 0 saturated heterocycles. The average Bonchev–Trinajstić information content (AvgIpc) is 3.08. The molecule has 2 N–H and O–H groups in total. The first kappa shape index (κ1) is 11.3. The van der Waals surface area contributed by atoms with Crippen molar-refractivity contribution in [1.82, 2.24) is 15.5 Å². The Kier molecular flexibility index (Phi) is 2.40. The number of fused-ring (bicyclic) bond motifs is 1. The Hall–Kier alpha value is -1.84. The molecule has 4 heteroatoms. The fraction of sp³-hybridized carbons (Fsp3) is 0.429. The Morgan fingerprint density at radius 3 is 2.94 bits per heavy atom. The van der Waals surface area contributed by atoms with Gasteiger partial charge in [-0.3, -0.25) is 9.89 Å². The van der Waals surface area contributed by atoms with Gasteiger partial charge in [0.15, 0.2) is 0 Å². The smallest absolute Gasteiger partial charge is 0.251 e. The van der Waals surface area contributed by atoms with Crippen LogP contribution in [0.5, 0.6) is 0 Å². The first-order chi connectivity index (χ1) is 8.56. The maximum Gasteiger partial charge on any atom is 0.251 e. The standard InChI is InChI=1S/C14H17N3O/c1-14(2,11-5-6-11)16-13(18)9-3-4-10-8-15-17-12(10)7-9/h3-4,7-8,11H,5-6H2,1-2H3,(H,15,17)(H,16,18). The number of nitrogens with one attached hydrogen (secondary N) is 2. The number of carbonyl (C=O) groups is 1. The minimum absolute atomic E-state index is 0.0107. The average molecular weight is 243 g/mol. The first-order valence-electron chi connectivity index (χ1n) is 6.32. The van der Waals surface area contributed by atoms with E-state index in [1.54, 1.807) is 6.20 Å². The van der Waals surface area contributed by atoms with Gasteiger partial charge in [-0.25, -0.2) is 0 Å². The van der Waals surface area contributed by atoms with Gasteiger partial charge >= 0.3 is 0 Å². The molecule has 0 atom stereocenters. The number of amides is 1. The zero-order chi connectivity index (χ0) is 12.8. The molecule has 1 fully saturated rings. The monoisotopic (exact) mass is 243 g/mol. The Morgan fingerprint density at radius 1 is 1.44 bits per heavy atom. The lowest BCUT2D eigenvalue weighted by atomic mass is 9.98. The van der Waals surface area contributed by atoms with E-state index in [1.807, 2.05) is 18.2 Å². The Labute approximate surface area is 106 Å². The molecule has 1 aromatic carbocycles. The van der Waals surface area contributed by atoms with Crippen molar-refractivity contribution in [2.75, 3.05) is 0 Å². The topological polar surface area (TPSA) is 57.8 Å². The molecule has 1 aliphatic rings. The van der Waals surface area contributed by atoms with Crippen molar-refractivity contribution in [1.29, 1.82) is 0 Å². The molecule has 0 unspecified atom stereocenters. The van der Waals surface area contributed by atoms with E-state index in [1.165, 1.54) is 12.8 Å². The number of benzene rings is 1. The van der Waals surface area contributed by atoms with E-state index in [0.29, 0.717) is 11.5 Å². The SMILES string of the molecule is CC(C)(NC(=O)c1ccc2cn[nH]c2c1)C1CC1. The molecule has 1 aliphatic carbocycles. The third-order valence-corrected chi connectivity index (χ3v) is 3.74. The number of nitrogens with zero attached hydrogens (tertiary/aromatic N) is 1. The van der Waals surface area contributed by atoms with E-state index < -0.39 is 0 Å². The molecular weight excluding hydrogens is 226 g/mol. The van der Waals surface area contributed by atoms with Gasteiger partial charge in [0.2, 0.25) is 0 Å². The summed E-state index contributed by atoms with van der Waals surface area (Å²) in [5, 5.41) is 11.0. The van der Waals surface area contributed by atoms with Crippen molar-refractivity contribution in [2.24, 2.45) is 5.92 Å². The summed E-state index contributed by atoms with van der Waals surface area (Å²) in [4.78, 5) is 12.2. The molecule has 2 aromatic rings. The normalized spacial score (nSPS) is 15.9. The molecule has 1 saturated carbocycles. The van der Waals surface area contributed by atoms with Crippen molar-refractivity contribution >= 4 is 16.8 Å². The summed E-state index contributed by atoms with van der Waals surface area (Å²) in [5.41, 5.74) is 1.47. The highest BCUT2D eigenvalue weighted by Crippen LogP contribution is 2.39. The summed E-state index contributed by atoms with van der Waals surface area (Å²) in [7, 11) is 0. The highest BCUT2D eigenvalue weighted by Gasteiger charge is 2.38. The molecule has 0 spiro atoms. The lowest BCUT2D eigenvalue weighted by molar-refractivity contribution is 0.0903. The fourth-order valence-corrected chi connectivity index (χ4v) is 2.35. The van der Waals surface area contributed by atoms with Crippen molar-refractivity contribution < 1.29 is 4.79 Å². The second-order valence-corrected chi connectivity index (χ2v) is 5.62. The number of hydrogen-bond acceptors (Lipinski definition) is 2.